The van der Waals surface area contributed by atoms with Crippen molar-refractivity contribution >= 4 is 58.0 Å². The first-order valence-electron chi connectivity index (χ1n) is 12.8. The molecule has 2 aromatic carbocycles. The molecular weight excluding hydrogens is 553 g/mol. The Morgan fingerprint density at radius 1 is 1.02 bits per heavy atom. The Kier molecular flexibility index (Phi) is 9.81. The predicted octanol–water partition coefficient (Wildman–Crippen LogP) is 4.42. The van der Waals surface area contributed by atoms with Crippen molar-refractivity contribution in [3.8, 4) is 0 Å². The van der Waals surface area contributed by atoms with Gasteiger partial charge in [0, 0.05) is 43.1 Å². The van der Waals surface area contributed by atoms with Crippen molar-refractivity contribution in [2.24, 2.45) is 0 Å². The molecule has 1 aliphatic heterocycles. The zero-order valence-electron chi connectivity index (χ0n) is 22.2. The number of carbonyl (C=O) groups is 3. The number of piperidine rings is 1. The Morgan fingerprint density at radius 2 is 1.70 bits per heavy atom. The maximum absolute atomic E-state index is 13.0. The highest BCUT2D eigenvalue weighted by molar-refractivity contribution is 6.40. The lowest BCUT2D eigenvalue weighted by Gasteiger charge is -2.34. The lowest BCUT2D eigenvalue weighted by Crippen LogP contribution is -2.45. The molecule has 3 aromatic rings. The van der Waals surface area contributed by atoms with Crippen LogP contribution in [0, 0.1) is 0 Å². The summed E-state index contributed by atoms with van der Waals surface area (Å²) in [7, 11) is 3.88. The molecule has 12 heteroatoms. The van der Waals surface area contributed by atoms with E-state index in [-0.39, 0.29) is 44.8 Å². The molecule has 4 rings (SSSR count). The number of nitrogens with one attached hydrogen (secondary N) is 4. The van der Waals surface area contributed by atoms with Crippen LogP contribution in [0.15, 0.2) is 60.8 Å². The van der Waals surface area contributed by atoms with Gasteiger partial charge in [0.25, 0.3) is 11.8 Å². The summed E-state index contributed by atoms with van der Waals surface area (Å²) >= 11 is 12.3. The van der Waals surface area contributed by atoms with Gasteiger partial charge in [0.2, 0.25) is 5.91 Å². The molecule has 10 nitrogen and oxygen atoms in total. The Bertz CT molecular complexity index is 1360. The maximum atomic E-state index is 13.0. The SMILES string of the molecule is CN(C)CC=CC(=O)Nc1ccc(N2CCC(NC(=O)c3[nH]ncc3NC(=O)c3c(Cl)cccc3Cl)CC2)cc1. The summed E-state index contributed by atoms with van der Waals surface area (Å²) < 4.78 is 0. The van der Waals surface area contributed by atoms with Gasteiger partial charge in [0.05, 0.1) is 27.5 Å². The van der Waals surface area contributed by atoms with Crippen LogP contribution >= 0.6 is 23.2 Å². The van der Waals surface area contributed by atoms with Crippen molar-refractivity contribution in [3.05, 3.63) is 82.1 Å². The molecular formula is C28H31Cl2N7O3. The summed E-state index contributed by atoms with van der Waals surface area (Å²) in [6, 6.07) is 12.4. The molecule has 1 aliphatic rings. The Hall–Kier alpha value is -3.86. The first kappa shape index (κ1) is 29.1. The molecule has 0 aliphatic carbocycles. The van der Waals surface area contributed by atoms with Gasteiger partial charge in [-0.05, 0) is 63.3 Å². The van der Waals surface area contributed by atoms with Crippen LogP contribution in [0.4, 0.5) is 17.1 Å². The topological polar surface area (TPSA) is 122 Å². The van der Waals surface area contributed by atoms with E-state index in [1.807, 2.05) is 49.3 Å². The third-order valence-corrected chi connectivity index (χ3v) is 7.00. The number of nitrogens with zero attached hydrogens (tertiary/aromatic N) is 3. The molecule has 40 heavy (non-hydrogen) atoms. The number of aromatic amines is 1. The molecule has 0 unspecified atom stereocenters. The van der Waals surface area contributed by atoms with E-state index in [0.29, 0.717) is 6.54 Å². The standard InChI is InChI=1S/C28H31Cl2N7O3/c1-36(2)14-4-7-24(38)32-18-8-10-20(11-9-18)37-15-12-19(13-16-37)33-28(40)26-23(17-31-35-26)34-27(39)25-21(29)5-3-6-22(25)30/h3-11,17,19H,12-16H2,1-2H3,(H,31,35)(H,32,38)(H,33,40)(H,34,39). The number of carbonyl (C=O) groups excluding carboxylic acids is 3. The summed E-state index contributed by atoms with van der Waals surface area (Å²) in [6.07, 6.45) is 6.19. The number of rotatable bonds is 9. The van der Waals surface area contributed by atoms with Gasteiger partial charge in [0.1, 0.15) is 5.69 Å². The van der Waals surface area contributed by atoms with Gasteiger partial charge >= 0.3 is 0 Å². The van der Waals surface area contributed by atoms with Gasteiger partial charge in [-0.3, -0.25) is 19.5 Å². The van der Waals surface area contributed by atoms with Crippen LogP contribution in [0.1, 0.15) is 33.7 Å². The van der Waals surface area contributed by atoms with Crippen LogP contribution in [-0.4, -0.2) is 72.6 Å². The number of amides is 3. The summed E-state index contributed by atoms with van der Waals surface area (Å²) in [5, 5.41) is 15.5. The fourth-order valence-electron chi connectivity index (χ4n) is 4.30. The second-order valence-electron chi connectivity index (χ2n) is 9.64. The molecule has 0 bridgehead atoms. The van der Waals surface area contributed by atoms with Crippen molar-refractivity contribution < 1.29 is 14.4 Å². The minimum absolute atomic E-state index is 0.0406. The molecule has 1 saturated heterocycles. The average molecular weight is 585 g/mol. The number of hydrogen-bond donors (Lipinski definition) is 4. The van der Waals surface area contributed by atoms with E-state index < -0.39 is 5.91 Å². The van der Waals surface area contributed by atoms with Crippen LogP contribution in [0.25, 0.3) is 0 Å². The van der Waals surface area contributed by atoms with Crippen LogP contribution in [0.3, 0.4) is 0 Å². The summed E-state index contributed by atoms with van der Waals surface area (Å²) in [4.78, 5) is 42.0. The Morgan fingerprint density at radius 3 is 2.35 bits per heavy atom. The van der Waals surface area contributed by atoms with E-state index in [1.54, 1.807) is 18.2 Å². The lowest BCUT2D eigenvalue weighted by atomic mass is 10.0. The van der Waals surface area contributed by atoms with Gasteiger partial charge in [-0.25, -0.2) is 0 Å². The number of hydrogen-bond acceptors (Lipinski definition) is 6. The molecule has 2 heterocycles. The maximum Gasteiger partial charge on any atom is 0.271 e. The minimum atomic E-state index is -0.536. The second kappa shape index (κ2) is 13.5. The highest BCUT2D eigenvalue weighted by atomic mass is 35.5. The summed E-state index contributed by atoms with van der Waals surface area (Å²) in [6.45, 7) is 2.20. The van der Waals surface area contributed by atoms with Gasteiger partial charge in [-0.2, -0.15) is 5.10 Å². The number of aromatic nitrogens is 2. The molecule has 0 atom stereocenters. The van der Waals surface area contributed by atoms with Gasteiger partial charge in [-0.15, -0.1) is 0 Å². The number of halogens is 2. The van der Waals surface area contributed by atoms with Crippen molar-refractivity contribution in [1.82, 2.24) is 20.4 Å². The molecule has 210 valence electrons. The molecule has 1 fully saturated rings. The molecule has 3 amide bonds. The van der Waals surface area contributed by atoms with Crippen LogP contribution < -0.4 is 20.9 Å². The van der Waals surface area contributed by atoms with E-state index in [0.717, 1.165) is 37.3 Å². The molecule has 0 saturated carbocycles. The Balaban J connectivity index is 1.27. The average Bonchev–Trinajstić information content (AvgIpc) is 3.37. The first-order valence-corrected chi connectivity index (χ1v) is 13.5. The van der Waals surface area contributed by atoms with E-state index in [2.05, 4.69) is 31.0 Å². The molecule has 0 radical (unpaired) electrons. The van der Waals surface area contributed by atoms with Crippen molar-refractivity contribution in [2.75, 3.05) is 49.3 Å². The van der Waals surface area contributed by atoms with Crippen LogP contribution in [-0.2, 0) is 4.79 Å². The smallest absolute Gasteiger partial charge is 0.271 e. The quantitative estimate of drug-likeness (QED) is 0.276. The van der Waals surface area contributed by atoms with Gasteiger partial charge in [-0.1, -0.05) is 35.3 Å². The monoisotopic (exact) mass is 583 g/mol. The Labute approximate surface area is 242 Å². The zero-order chi connectivity index (χ0) is 28.6. The number of H-pyrrole nitrogens is 1. The van der Waals surface area contributed by atoms with E-state index in [9.17, 15) is 14.4 Å². The van der Waals surface area contributed by atoms with E-state index >= 15 is 0 Å². The molecule has 1 aromatic heterocycles. The fourth-order valence-corrected chi connectivity index (χ4v) is 4.87. The van der Waals surface area contributed by atoms with Crippen molar-refractivity contribution in [1.29, 1.82) is 0 Å². The third kappa shape index (κ3) is 7.62. The van der Waals surface area contributed by atoms with Crippen molar-refractivity contribution in [2.45, 2.75) is 18.9 Å². The lowest BCUT2D eigenvalue weighted by molar-refractivity contribution is -0.111. The van der Waals surface area contributed by atoms with Crippen LogP contribution in [0.2, 0.25) is 10.0 Å². The fraction of sp³-hybridized carbons (Fsp3) is 0.286. The first-order chi connectivity index (χ1) is 19.2. The van der Waals surface area contributed by atoms with Crippen molar-refractivity contribution in [3.63, 3.8) is 0 Å². The normalized spacial score (nSPS) is 14.0. The third-order valence-electron chi connectivity index (χ3n) is 6.37. The van der Waals surface area contributed by atoms with E-state index in [4.69, 9.17) is 23.2 Å². The molecule has 0 spiro atoms. The predicted molar refractivity (Wildman–Crippen MR) is 158 cm³/mol. The highest BCUT2D eigenvalue weighted by Gasteiger charge is 2.24. The minimum Gasteiger partial charge on any atom is -0.371 e. The van der Waals surface area contributed by atoms with Crippen LogP contribution in [0.5, 0.6) is 0 Å². The number of benzene rings is 2. The molecule has 4 N–H and O–H groups in total. The van der Waals surface area contributed by atoms with Gasteiger partial charge in [0.15, 0.2) is 0 Å². The highest BCUT2D eigenvalue weighted by Crippen LogP contribution is 2.26. The largest absolute Gasteiger partial charge is 0.371 e. The summed E-state index contributed by atoms with van der Waals surface area (Å²) in [5.74, 6) is -1.07. The summed E-state index contributed by atoms with van der Waals surface area (Å²) in [5.41, 5.74) is 2.27. The van der Waals surface area contributed by atoms with Gasteiger partial charge < -0.3 is 25.8 Å². The second-order valence-corrected chi connectivity index (χ2v) is 10.5. The number of likely N-dealkylation sites (N-methyl/N-ethyl adjacent to an activating group) is 1. The van der Waals surface area contributed by atoms with E-state index in [1.165, 1.54) is 12.3 Å². The number of anilines is 3. The zero-order valence-corrected chi connectivity index (χ0v) is 23.7.